The fourth-order valence-corrected chi connectivity index (χ4v) is 1.90. The topological polar surface area (TPSA) is 17.1 Å². The van der Waals surface area contributed by atoms with Gasteiger partial charge in [0.15, 0.2) is 0 Å². The maximum Gasteiger partial charge on any atom is 0.128 e. The van der Waals surface area contributed by atoms with E-state index in [1.165, 1.54) is 0 Å². The van der Waals surface area contributed by atoms with E-state index in [4.69, 9.17) is 0 Å². The van der Waals surface area contributed by atoms with Crippen molar-refractivity contribution in [2.45, 2.75) is 16.6 Å². The van der Waals surface area contributed by atoms with Crippen LogP contribution in [0.5, 0.6) is 0 Å². The van der Waals surface area contributed by atoms with Gasteiger partial charge in [0, 0.05) is 0 Å². The molecule has 0 aromatic rings. The van der Waals surface area contributed by atoms with Crippen molar-refractivity contribution >= 4 is 38.1 Å². The second-order valence-corrected chi connectivity index (χ2v) is 6.19. The van der Waals surface area contributed by atoms with Crippen molar-refractivity contribution < 1.29 is 4.79 Å². The highest BCUT2D eigenvalue weighted by Crippen LogP contribution is 2.64. The smallest absolute Gasteiger partial charge is 0.128 e. The Balaban J connectivity index is 2.68. The van der Waals surface area contributed by atoms with Crippen molar-refractivity contribution in [3.05, 3.63) is 0 Å². The predicted molar refractivity (Wildman–Crippen MR) is 39.4 cm³/mol. The molecule has 1 fully saturated rings. The first-order valence-corrected chi connectivity index (χ1v) is 3.95. The van der Waals surface area contributed by atoms with Crippen LogP contribution in [0.25, 0.3) is 0 Å². The summed E-state index contributed by atoms with van der Waals surface area (Å²) in [5.41, 5.74) is -0.160. The van der Waals surface area contributed by atoms with Crippen LogP contribution in [0, 0.1) is 5.41 Å². The third-order valence-corrected chi connectivity index (χ3v) is 3.93. The Morgan fingerprint density at radius 2 is 2.00 bits per heavy atom. The summed E-state index contributed by atoms with van der Waals surface area (Å²) >= 11 is 6.71. The number of hydrogen-bond acceptors (Lipinski definition) is 1. The van der Waals surface area contributed by atoms with E-state index in [1.54, 1.807) is 0 Å². The van der Waals surface area contributed by atoms with Crippen LogP contribution in [-0.4, -0.2) is 9.52 Å². The molecule has 0 saturated heterocycles. The standard InChI is InChI=1S/C5H6Br2O/c1-4(3-8)2-5(4,6)7/h3H,2H2,1H3. The van der Waals surface area contributed by atoms with Gasteiger partial charge < -0.3 is 4.79 Å². The molecule has 0 heterocycles. The Morgan fingerprint density at radius 3 is 2.00 bits per heavy atom. The number of hydrogen-bond donors (Lipinski definition) is 0. The molecule has 1 aliphatic rings. The first kappa shape index (κ1) is 6.75. The molecule has 1 saturated carbocycles. The molecule has 0 spiro atoms. The van der Waals surface area contributed by atoms with Gasteiger partial charge in [-0.3, -0.25) is 0 Å². The molecule has 1 rings (SSSR count). The molecule has 0 N–H and O–H groups in total. The highest BCUT2D eigenvalue weighted by molar-refractivity contribution is 9.25. The van der Waals surface area contributed by atoms with E-state index in [9.17, 15) is 4.79 Å². The third-order valence-electron chi connectivity index (χ3n) is 1.56. The highest BCUT2D eigenvalue weighted by atomic mass is 79.9. The zero-order chi connectivity index (χ0) is 6.41. The van der Waals surface area contributed by atoms with E-state index >= 15 is 0 Å². The van der Waals surface area contributed by atoms with Crippen LogP contribution in [0.1, 0.15) is 13.3 Å². The van der Waals surface area contributed by atoms with Gasteiger partial charge in [-0.2, -0.15) is 0 Å². The Hall–Kier alpha value is 0.630. The van der Waals surface area contributed by atoms with Gasteiger partial charge in [-0.15, -0.1) is 0 Å². The van der Waals surface area contributed by atoms with Crippen LogP contribution in [-0.2, 0) is 4.79 Å². The van der Waals surface area contributed by atoms with Crippen molar-refractivity contribution in [1.29, 1.82) is 0 Å². The highest BCUT2D eigenvalue weighted by Gasteiger charge is 2.61. The number of rotatable bonds is 1. The normalized spacial score (nSPS) is 41.4. The van der Waals surface area contributed by atoms with E-state index in [-0.39, 0.29) is 8.65 Å². The molecule has 0 aliphatic heterocycles. The van der Waals surface area contributed by atoms with E-state index in [0.29, 0.717) is 0 Å². The van der Waals surface area contributed by atoms with Crippen molar-refractivity contribution in [3.8, 4) is 0 Å². The largest absolute Gasteiger partial charge is 0.303 e. The fraction of sp³-hybridized carbons (Fsp3) is 0.800. The van der Waals surface area contributed by atoms with Crippen LogP contribution in [0.2, 0.25) is 0 Å². The predicted octanol–water partition coefficient (Wildman–Crippen LogP) is 2.08. The Labute approximate surface area is 65.1 Å². The lowest BCUT2D eigenvalue weighted by molar-refractivity contribution is -0.111. The molecule has 0 amide bonds. The molecule has 0 aromatic heterocycles. The monoisotopic (exact) mass is 240 g/mol. The van der Waals surface area contributed by atoms with Gasteiger partial charge in [-0.05, 0) is 6.42 Å². The van der Waals surface area contributed by atoms with Crippen LogP contribution < -0.4 is 0 Å². The van der Waals surface area contributed by atoms with Crippen molar-refractivity contribution in [2.24, 2.45) is 5.41 Å². The van der Waals surface area contributed by atoms with E-state index in [2.05, 4.69) is 31.9 Å². The third kappa shape index (κ3) is 0.760. The molecule has 0 radical (unpaired) electrons. The summed E-state index contributed by atoms with van der Waals surface area (Å²) in [4.78, 5) is 10.2. The fourth-order valence-electron chi connectivity index (χ4n) is 0.545. The van der Waals surface area contributed by atoms with Gasteiger partial charge in [0.2, 0.25) is 0 Å². The Morgan fingerprint density at radius 1 is 1.62 bits per heavy atom. The average Bonchev–Trinajstić information content (AvgIpc) is 2.10. The Bertz CT molecular complexity index is 132. The van der Waals surface area contributed by atoms with Gasteiger partial charge in [0.25, 0.3) is 0 Å². The number of aldehydes is 1. The van der Waals surface area contributed by atoms with Crippen molar-refractivity contribution in [2.75, 3.05) is 0 Å². The first-order chi connectivity index (χ1) is 3.52. The molecule has 8 heavy (non-hydrogen) atoms. The maximum atomic E-state index is 10.2. The number of halogens is 2. The van der Waals surface area contributed by atoms with Crippen LogP contribution in [0.3, 0.4) is 0 Å². The molecule has 3 heteroatoms. The lowest BCUT2D eigenvalue weighted by Crippen LogP contribution is -2.03. The second kappa shape index (κ2) is 1.57. The minimum Gasteiger partial charge on any atom is -0.303 e. The Kier molecular flexibility index (Phi) is 1.32. The zero-order valence-electron chi connectivity index (χ0n) is 4.45. The van der Waals surface area contributed by atoms with Crippen molar-refractivity contribution in [3.63, 3.8) is 0 Å². The minimum atomic E-state index is -0.160. The molecule has 0 bridgehead atoms. The van der Waals surface area contributed by atoms with Crippen molar-refractivity contribution in [1.82, 2.24) is 0 Å². The van der Waals surface area contributed by atoms with Crippen LogP contribution >= 0.6 is 31.9 Å². The molecule has 1 nitrogen and oxygen atoms in total. The van der Waals surface area contributed by atoms with E-state index < -0.39 is 0 Å². The van der Waals surface area contributed by atoms with Gasteiger partial charge >= 0.3 is 0 Å². The van der Waals surface area contributed by atoms with Gasteiger partial charge in [0.1, 0.15) is 6.29 Å². The van der Waals surface area contributed by atoms with Gasteiger partial charge in [-0.1, -0.05) is 38.8 Å². The SMILES string of the molecule is CC1(C=O)CC1(Br)Br. The molecular formula is C5H6Br2O. The molecule has 1 aliphatic carbocycles. The summed E-state index contributed by atoms with van der Waals surface area (Å²) in [6.45, 7) is 1.92. The lowest BCUT2D eigenvalue weighted by Gasteiger charge is -1.98. The first-order valence-electron chi connectivity index (χ1n) is 2.36. The van der Waals surface area contributed by atoms with Gasteiger partial charge in [-0.25, -0.2) is 0 Å². The maximum absolute atomic E-state index is 10.2. The summed E-state index contributed by atoms with van der Waals surface area (Å²) in [5.74, 6) is 0. The van der Waals surface area contributed by atoms with E-state index in [1.807, 2.05) is 6.92 Å². The minimum absolute atomic E-state index is 0.0885. The lowest BCUT2D eigenvalue weighted by atomic mass is 10.2. The summed E-state index contributed by atoms with van der Waals surface area (Å²) in [7, 11) is 0. The summed E-state index contributed by atoms with van der Waals surface area (Å²) in [5, 5.41) is 0. The average molecular weight is 242 g/mol. The zero-order valence-corrected chi connectivity index (χ0v) is 7.62. The molecule has 0 aromatic carbocycles. The van der Waals surface area contributed by atoms with E-state index in [0.717, 1.165) is 12.7 Å². The number of carbonyl (C=O) groups excluding carboxylic acids is 1. The molecule has 1 unspecified atom stereocenters. The number of carbonyl (C=O) groups is 1. The molecule has 46 valence electrons. The molecular weight excluding hydrogens is 236 g/mol. The molecule has 1 atom stereocenters. The quantitative estimate of drug-likeness (QED) is 0.508. The second-order valence-electron chi connectivity index (χ2n) is 2.42. The van der Waals surface area contributed by atoms with Crippen LogP contribution in [0.4, 0.5) is 0 Å². The summed E-state index contributed by atoms with van der Waals surface area (Å²) < 4.78 is -0.0885. The van der Waals surface area contributed by atoms with Crippen LogP contribution in [0.15, 0.2) is 0 Å². The van der Waals surface area contributed by atoms with Gasteiger partial charge in [0.05, 0.1) is 8.65 Å². The number of alkyl halides is 2. The summed E-state index contributed by atoms with van der Waals surface area (Å²) in [6, 6.07) is 0. The summed E-state index contributed by atoms with van der Waals surface area (Å²) in [6.07, 6.45) is 1.88.